The van der Waals surface area contributed by atoms with Crippen molar-refractivity contribution in [3.8, 4) is 5.75 Å². The molecule has 0 saturated carbocycles. The Morgan fingerprint density at radius 1 is 1.05 bits per heavy atom. The van der Waals surface area contributed by atoms with Gasteiger partial charge in [-0.15, -0.1) is 0 Å². The van der Waals surface area contributed by atoms with Gasteiger partial charge in [0.2, 0.25) is 5.91 Å². The van der Waals surface area contributed by atoms with E-state index < -0.39 is 0 Å². The highest BCUT2D eigenvalue weighted by Gasteiger charge is 2.33. The molecule has 2 amide bonds. The van der Waals surface area contributed by atoms with Crippen LogP contribution in [0.4, 0.5) is 11.4 Å². The smallest absolute Gasteiger partial charge is 0.283 e. The molecule has 0 atom stereocenters. The monoisotopic (exact) mass is 511 g/mol. The Balaban J connectivity index is 1.43. The minimum absolute atomic E-state index is 0.0141. The van der Waals surface area contributed by atoms with Gasteiger partial charge in [0.15, 0.2) is 5.17 Å². The van der Waals surface area contributed by atoms with Crippen molar-refractivity contribution < 1.29 is 14.3 Å². The number of ether oxygens (including phenoxy) is 1. The summed E-state index contributed by atoms with van der Waals surface area (Å²) in [7, 11) is 1.62. The van der Waals surface area contributed by atoms with Crippen LogP contribution in [-0.4, -0.2) is 36.4 Å². The van der Waals surface area contributed by atoms with Crippen molar-refractivity contribution in [3.63, 3.8) is 0 Å². The molecule has 188 valence electrons. The standard InChI is InChI=1S/C30H29N3O3S/c1-20-15-21(2)17-24(16-20)33-29(35)26(18-22-10-12-25(36-3)13-11-22)31-30(33)37-19-28(34)32-14-6-8-23-7-4-5-9-27(23)32/h4-5,7,9-13,15-18H,6,8,14,19H2,1-3H3/b26-18+. The molecule has 0 N–H and O–H groups in total. The molecule has 0 radical (unpaired) electrons. The summed E-state index contributed by atoms with van der Waals surface area (Å²) in [4.78, 5) is 35.1. The molecule has 2 aliphatic heterocycles. The van der Waals surface area contributed by atoms with Gasteiger partial charge in [-0.05, 0) is 85.4 Å². The molecule has 5 rings (SSSR count). The largest absolute Gasteiger partial charge is 0.497 e. The summed E-state index contributed by atoms with van der Waals surface area (Å²) in [6.07, 6.45) is 3.69. The molecule has 3 aromatic rings. The predicted molar refractivity (Wildman–Crippen MR) is 151 cm³/mol. The molecule has 0 spiro atoms. The number of aliphatic imine (C=N–C) groups is 1. The van der Waals surface area contributed by atoms with Crippen molar-refractivity contribution in [1.29, 1.82) is 0 Å². The number of rotatable bonds is 5. The maximum absolute atomic E-state index is 13.6. The lowest BCUT2D eigenvalue weighted by atomic mass is 10.0. The number of hydrogen-bond acceptors (Lipinski definition) is 5. The molecule has 0 aliphatic carbocycles. The Labute approximate surface area is 221 Å². The summed E-state index contributed by atoms with van der Waals surface area (Å²) >= 11 is 1.30. The third-order valence-corrected chi connectivity index (χ3v) is 7.37. The molecule has 0 fully saturated rings. The first kappa shape index (κ1) is 24.8. The Kier molecular flexibility index (Phi) is 7.15. The maximum Gasteiger partial charge on any atom is 0.283 e. The van der Waals surface area contributed by atoms with Gasteiger partial charge in [0.05, 0.1) is 18.6 Å². The zero-order valence-corrected chi connectivity index (χ0v) is 22.0. The lowest BCUT2D eigenvalue weighted by Gasteiger charge is -2.29. The maximum atomic E-state index is 13.6. The molecule has 6 nitrogen and oxygen atoms in total. The molecule has 0 unspecified atom stereocenters. The van der Waals surface area contributed by atoms with E-state index in [0.717, 1.165) is 46.7 Å². The second kappa shape index (κ2) is 10.6. The molecular formula is C30H29N3O3S. The topological polar surface area (TPSA) is 62.2 Å². The van der Waals surface area contributed by atoms with Gasteiger partial charge in [0.1, 0.15) is 11.4 Å². The van der Waals surface area contributed by atoms with Crippen LogP contribution in [0.1, 0.15) is 28.7 Å². The summed E-state index contributed by atoms with van der Waals surface area (Å²) in [5.41, 5.74) is 6.23. The van der Waals surface area contributed by atoms with E-state index in [2.05, 4.69) is 12.1 Å². The number of hydrogen-bond donors (Lipinski definition) is 0. The van der Waals surface area contributed by atoms with Crippen LogP contribution in [0, 0.1) is 13.8 Å². The van der Waals surface area contributed by atoms with Gasteiger partial charge in [-0.1, -0.05) is 48.2 Å². The summed E-state index contributed by atoms with van der Waals surface area (Å²) in [5, 5.41) is 0.508. The molecule has 7 heteroatoms. The van der Waals surface area contributed by atoms with Crippen molar-refractivity contribution in [2.45, 2.75) is 26.7 Å². The number of thioether (sulfide) groups is 1. The van der Waals surface area contributed by atoms with Crippen LogP contribution < -0.4 is 14.5 Å². The zero-order valence-electron chi connectivity index (χ0n) is 21.2. The number of fused-ring (bicyclic) bond motifs is 1. The van der Waals surface area contributed by atoms with Crippen LogP contribution in [0.25, 0.3) is 6.08 Å². The number of amidine groups is 1. The van der Waals surface area contributed by atoms with Crippen LogP contribution in [0.3, 0.4) is 0 Å². The zero-order chi connectivity index (χ0) is 25.9. The van der Waals surface area contributed by atoms with E-state index in [1.54, 1.807) is 18.1 Å². The molecular weight excluding hydrogens is 482 g/mol. The minimum Gasteiger partial charge on any atom is -0.497 e. The number of anilines is 2. The number of amides is 2. The number of aryl methyl sites for hydroxylation is 3. The Morgan fingerprint density at radius 3 is 2.51 bits per heavy atom. The minimum atomic E-state index is -0.209. The SMILES string of the molecule is COc1ccc(/C=C2/N=C(SCC(=O)N3CCCc4ccccc43)N(c3cc(C)cc(C)c3)C2=O)cc1. The third-order valence-electron chi connectivity index (χ3n) is 6.45. The summed E-state index contributed by atoms with van der Waals surface area (Å²) < 4.78 is 5.24. The van der Waals surface area contributed by atoms with Crippen LogP contribution in [0.2, 0.25) is 0 Å². The molecule has 0 saturated heterocycles. The highest BCUT2D eigenvalue weighted by atomic mass is 32.2. The van der Waals surface area contributed by atoms with Crippen LogP contribution in [0.5, 0.6) is 5.75 Å². The first-order chi connectivity index (χ1) is 17.9. The van der Waals surface area contributed by atoms with Crippen molar-refractivity contribution in [1.82, 2.24) is 0 Å². The van der Waals surface area contributed by atoms with Crippen molar-refractivity contribution in [2.75, 3.05) is 29.2 Å². The normalized spacial score (nSPS) is 16.1. The quantitative estimate of drug-likeness (QED) is 0.408. The summed E-state index contributed by atoms with van der Waals surface area (Å²) in [6.45, 7) is 4.71. The predicted octanol–water partition coefficient (Wildman–Crippen LogP) is 5.77. The van der Waals surface area contributed by atoms with E-state index in [1.165, 1.54) is 17.3 Å². The lowest BCUT2D eigenvalue weighted by molar-refractivity contribution is -0.116. The van der Waals surface area contributed by atoms with E-state index >= 15 is 0 Å². The van der Waals surface area contributed by atoms with Gasteiger partial charge in [0, 0.05) is 12.2 Å². The van der Waals surface area contributed by atoms with E-state index in [-0.39, 0.29) is 17.6 Å². The number of para-hydroxylation sites is 1. The second-order valence-corrected chi connectivity index (χ2v) is 10.2. The average molecular weight is 512 g/mol. The van der Waals surface area contributed by atoms with Crippen molar-refractivity contribution in [3.05, 3.63) is 94.7 Å². The molecule has 37 heavy (non-hydrogen) atoms. The highest BCUT2D eigenvalue weighted by Crippen LogP contribution is 2.32. The summed E-state index contributed by atoms with van der Waals surface area (Å²) in [6, 6.07) is 21.6. The Hall–Kier alpha value is -3.84. The third kappa shape index (κ3) is 5.32. The van der Waals surface area contributed by atoms with Crippen LogP contribution in [0.15, 0.2) is 77.4 Å². The van der Waals surface area contributed by atoms with E-state index in [4.69, 9.17) is 9.73 Å². The fraction of sp³-hybridized carbons (Fsp3) is 0.233. The van der Waals surface area contributed by atoms with Gasteiger partial charge in [-0.25, -0.2) is 4.99 Å². The Morgan fingerprint density at radius 2 is 1.78 bits per heavy atom. The molecule has 0 aromatic heterocycles. The van der Waals surface area contributed by atoms with Gasteiger partial charge in [-0.3, -0.25) is 14.5 Å². The molecule has 2 heterocycles. The van der Waals surface area contributed by atoms with Crippen molar-refractivity contribution >= 4 is 46.2 Å². The van der Waals surface area contributed by atoms with E-state index in [9.17, 15) is 9.59 Å². The van der Waals surface area contributed by atoms with Gasteiger partial charge < -0.3 is 9.64 Å². The number of carbonyl (C=O) groups excluding carboxylic acids is 2. The van der Waals surface area contributed by atoms with Crippen LogP contribution >= 0.6 is 11.8 Å². The van der Waals surface area contributed by atoms with Gasteiger partial charge in [0.25, 0.3) is 5.91 Å². The highest BCUT2D eigenvalue weighted by molar-refractivity contribution is 8.14. The molecule has 2 aliphatic rings. The number of nitrogens with zero attached hydrogens (tertiary/aromatic N) is 3. The van der Waals surface area contributed by atoms with Crippen molar-refractivity contribution in [2.24, 2.45) is 4.99 Å². The summed E-state index contributed by atoms with van der Waals surface area (Å²) in [5.74, 6) is 0.742. The van der Waals surface area contributed by atoms with Gasteiger partial charge >= 0.3 is 0 Å². The first-order valence-electron chi connectivity index (χ1n) is 12.3. The number of methoxy groups -OCH3 is 1. The number of benzene rings is 3. The molecule has 3 aromatic carbocycles. The lowest BCUT2D eigenvalue weighted by Crippen LogP contribution is -2.38. The average Bonchev–Trinajstić information content (AvgIpc) is 3.21. The Bertz CT molecular complexity index is 1390. The number of carbonyl (C=O) groups is 2. The first-order valence-corrected chi connectivity index (χ1v) is 13.3. The van der Waals surface area contributed by atoms with E-state index in [1.807, 2.05) is 73.3 Å². The van der Waals surface area contributed by atoms with E-state index in [0.29, 0.717) is 17.4 Å². The molecule has 0 bridgehead atoms. The van der Waals surface area contributed by atoms with Crippen LogP contribution in [-0.2, 0) is 16.0 Å². The second-order valence-electron chi connectivity index (χ2n) is 9.25. The fourth-order valence-electron chi connectivity index (χ4n) is 4.76. The fourth-order valence-corrected chi connectivity index (χ4v) is 5.64. The van der Waals surface area contributed by atoms with Gasteiger partial charge in [-0.2, -0.15) is 0 Å².